The number of anilines is 2. The number of hydrogen-bond acceptors (Lipinski definition) is 16. The zero-order valence-corrected chi connectivity index (χ0v) is 45.0. The lowest BCUT2D eigenvalue weighted by Gasteiger charge is -2.32. The summed E-state index contributed by atoms with van der Waals surface area (Å²) in [5, 5.41) is 32.0. The van der Waals surface area contributed by atoms with Crippen LogP contribution in [0, 0.1) is 29.6 Å². The highest BCUT2D eigenvalue weighted by Gasteiger charge is 2.28. The number of methoxy groups -OCH3 is 1. The van der Waals surface area contributed by atoms with Crippen molar-refractivity contribution in [3.63, 3.8) is 0 Å². The Morgan fingerprint density at radius 3 is 1.62 bits per heavy atom. The second-order valence-electron chi connectivity index (χ2n) is 20.3. The molecule has 18 nitrogen and oxygen atoms in total. The summed E-state index contributed by atoms with van der Waals surface area (Å²) in [6, 6.07) is 26.0. The van der Waals surface area contributed by atoms with Crippen LogP contribution in [0.4, 0.5) is 20.2 Å². The van der Waals surface area contributed by atoms with Crippen LogP contribution in [0.15, 0.2) is 106 Å². The number of furan rings is 2. The van der Waals surface area contributed by atoms with Crippen LogP contribution in [0.25, 0.3) is 67.1 Å². The number of aryl methyl sites for hydroxylation is 1. The number of aromatic carboxylic acids is 1. The van der Waals surface area contributed by atoms with Crippen LogP contribution < -0.4 is 19.9 Å². The minimum atomic E-state index is -1.16. The van der Waals surface area contributed by atoms with Gasteiger partial charge < -0.3 is 48.5 Å². The summed E-state index contributed by atoms with van der Waals surface area (Å²) >= 11 is 0. The van der Waals surface area contributed by atoms with Gasteiger partial charge in [0.25, 0.3) is 5.91 Å². The predicted octanol–water partition coefficient (Wildman–Crippen LogP) is 8.88. The van der Waals surface area contributed by atoms with Crippen LogP contribution in [0.5, 0.6) is 5.75 Å². The number of pyridine rings is 4. The van der Waals surface area contributed by atoms with Gasteiger partial charge in [-0.15, -0.1) is 0 Å². The highest BCUT2D eigenvalue weighted by atomic mass is 19.1. The molecule has 8 aromatic rings. The lowest BCUT2D eigenvalue weighted by Crippen LogP contribution is -2.47. The number of carboxylic acids is 1. The number of amides is 1. The van der Waals surface area contributed by atoms with E-state index in [0.717, 1.165) is 65.2 Å². The molecule has 2 N–H and O–H groups in total. The number of alkyl halides is 2. The van der Waals surface area contributed by atoms with E-state index >= 15 is 0 Å². The van der Waals surface area contributed by atoms with Crippen LogP contribution >= 0.6 is 0 Å². The van der Waals surface area contributed by atoms with Gasteiger partial charge >= 0.3 is 5.97 Å². The maximum atomic E-state index is 13.8. The molecule has 10 heterocycles. The van der Waals surface area contributed by atoms with E-state index in [0.29, 0.717) is 113 Å². The largest absolute Gasteiger partial charge is 0.496 e. The van der Waals surface area contributed by atoms with Crippen molar-refractivity contribution >= 4 is 45.5 Å². The fraction of sp³-hybridized carbons (Fsp3) is 0.333. The van der Waals surface area contributed by atoms with Crippen molar-refractivity contribution in [2.45, 2.75) is 32.1 Å². The number of halogens is 2. The number of piperazine rings is 2. The molecule has 2 unspecified atom stereocenters. The smallest absolute Gasteiger partial charge is 0.354 e. The summed E-state index contributed by atoms with van der Waals surface area (Å²) < 4.78 is 45.3. The Bertz CT molecular complexity index is 3670. The first-order valence-electron chi connectivity index (χ1n) is 26.5. The van der Waals surface area contributed by atoms with Crippen molar-refractivity contribution in [3.8, 4) is 62.8 Å². The number of ether oxygens (including phenoxy) is 1. The molecular formula is C60H60F2N12O6. The molecule has 6 aromatic heterocycles. The standard InChI is InChI=1S/C30H29FN6O2.C25H19FN4O4.C5H12N2/c1-19-13-26(30(38)36-11-9-35(2)10-12-36)34-17-24(19)28-15-25-29(39-28)23(5-7-33-25)20-3-4-27(21(14-20)16-32)37-8-6-22(31)18-37;1-33-22-10-20(25(31)32)29-12-18(22)23-9-19-24(34-23)17(4-6-28-19)14-2-3-21(15(8-14)11-27)30-7-5-16(26)13-30;1-7-4-2-6-3-5-7/h3-5,7,13-15,17,22H,6,8-12,18H2,1-2H3;2-4,6,8-10,12,16H,5,7,13H2,1H3,(H,31,32);6H,2-5H2,1H3. The van der Waals surface area contributed by atoms with E-state index < -0.39 is 18.3 Å². The van der Waals surface area contributed by atoms with Gasteiger partial charge in [-0.25, -0.2) is 18.6 Å². The molecule has 2 aromatic carbocycles. The summed E-state index contributed by atoms with van der Waals surface area (Å²) in [6.45, 7) is 11.5. The average molecular weight is 1080 g/mol. The minimum Gasteiger partial charge on any atom is -0.496 e. The fourth-order valence-corrected chi connectivity index (χ4v) is 10.4. The molecule has 410 valence electrons. The Morgan fingerprint density at radius 2 is 1.16 bits per heavy atom. The number of carbonyl (C=O) groups is 2. The summed E-state index contributed by atoms with van der Waals surface area (Å²) in [5.41, 5.74) is 10.4. The maximum absolute atomic E-state index is 13.8. The number of rotatable bonds is 9. The SMILES string of the molecule is CN1CCNCC1.COc1cc(C(=O)O)ncc1-c1cc2nccc(-c3ccc(N4CCC(F)C4)c(C#N)c3)c2o1.Cc1cc(C(=O)N2CCN(C)CC2)ncc1-c1cc2nccc(-c3ccc(N4CCC(F)C4)c(C#N)c3)c2o1. The highest BCUT2D eigenvalue weighted by molar-refractivity contribution is 5.96. The van der Waals surface area contributed by atoms with Crippen molar-refractivity contribution < 1.29 is 37.0 Å². The third kappa shape index (κ3) is 11.8. The van der Waals surface area contributed by atoms with Gasteiger partial charge in [0.2, 0.25) is 0 Å². The number of hydrogen-bond donors (Lipinski definition) is 2. The van der Waals surface area contributed by atoms with Crippen LogP contribution in [-0.2, 0) is 0 Å². The molecule has 0 aliphatic carbocycles. The van der Waals surface area contributed by atoms with Crippen molar-refractivity contribution in [3.05, 3.63) is 126 Å². The van der Waals surface area contributed by atoms with E-state index in [1.165, 1.54) is 32.5 Å². The number of fused-ring (bicyclic) bond motifs is 2. The Morgan fingerprint density at radius 1 is 0.650 bits per heavy atom. The lowest BCUT2D eigenvalue weighted by atomic mass is 10.0. The molecule has 2 atom stereocenters. The predicted molar refractivity (Wildman–Crippen MR) is 300 cm³/mol. The molecule has 0 spiro atoms. The molecule has 12 rings (SSSR count). The van der Waals surface area contributed by atoms with Gasteiger partial charge in [-0.05, 0) is 93.0 Å². The Balaban J connectivity index is 0.000000161. The average Bonchev–Trinajstić information content (AvgIpc) is 4.33. The number of nitriles is 2. The number of carboxylic acid groups (broad SMARTS) is 1. The third-order valence-electron chi connectivity index (χ3n) is 14.9. The number of likely N-dealkylation sites (N-methyl/N-ethyl adjacent to an activating group) is 2. The Labute approximate surface area is 461 Å². The number of nitrogens with zero attached hydrogens (tertiary/aromatic N) is 11. The summed E-state index contributed by atoms with van der Waals surface area (Å²) in [7, 11) is 5.65. The molecular weight excluding hydrogens is 1020 g/mol. The first-order chi connectivity index (χ1) is 38.8. The zero-order chi connectivity index (χ0) is 56.0. The van der Waals surface area contributed by atoms with Crippen molar-refractivity contribution in [1.82, 2.24) is 40.0 Å². The second-order valence-corrected chi connectivity index (χ2v) is 20.3. The van der Waals surface area contributed by atoms with Gasteiger partial charge in [0.15, 0.2) is 16.9 Å². The molecule has 80 heavy (non-hydrogen) atoms. The summed E-state index contributed by atoms with van der Waals surface area (Å²) in [4.78, 5) is 51.8. The first-order valence-corrected chi connectivity index (χ1v) is 26.5. The number of nitrogens with one attached hydrogen (secondary N) is 1. The topological polar surface area (TPSA) is 217 Å². The van der Waals surface area contributed by atoms with Crippen LogP contribution in [-0.4, -0.2) is 164 Å². The minimum absolute atomic E-state index is 0.0565. The van der Waals surface area contributed by atoms with Crippen molar-refractivity contribution in [2.75, 3.05) is 110 Å². The quantitative estimate of drug-likeness (QED) is 0.138. The van der Waals surface area contributed by atoms with E-state index in [2.05, 4.69) is 61.3 Å². The second kappa shape index (κ2) is 24.0. The van der Waals surface area contributed by atoms with Crippen molar-refractivity contribution in [2.24, 2.45) is 0 Å². The highest BCUT2D eigenvalue weighted by Crippen LogP contribution is 2.40. The maximum Gasteiger partial charge on any atom is 0.354 e. The molecule has 0 bridgehead atoms. The van der Waals surface area contributed by atoms with Gasteiger partial charge in [0.05, 0.1) is 35.2 Å². The van der Waals surface area contributed by atoms with Crippen LogP contribution in [0.2, 0.25) is 0 Å². The molecule has 20 heteroatoms. The van der Waals surface area contributed by atoms with Crippen LogP contribution in [0.1, 0.15) is 50.5 Å². The molecule has 4 aliphatic rings. The lowest BCUT2D eigenvalue weighted by molar-refractivity contribution is 0.0656. The van der Waals surface area contributed by atoms with Crippen LogP contribution in [0.3, 0.4) is 0 Å². The van der Waals surface area contributed by atoms with E-state index in [4.69, 9.17) is 13.6 Å². The van der Waals surface area contributed by atoms with Gasteiger partial charge in [-0.1, -0.05) is 12.1 Å². The molecule has 4 fully saturated rings. The van der Waals surface area contributed by atoms with E-state index in [1.807, 2.05) is 70.2 Å². The number of aromatic nitrogens is 4. The monoisotopic (exact) mass is 1080 g/mol. The van der Waals surface area contributed by atoms with E-state index in [9.17, 15) is 34.0 Å². The summed E-state index contributed by atoms with van der Waals surface area (Å²) in [5.74, 6) is 0.113. The van der Waals surface area contributed by atoms with E-state index in [-0.39, 0.29) is 18.1 Å². The van der Waals surface area contributed by atoms with Gasteiger partial charge in [0, 0.05) is 138 Å². The van der Waals surface area contributed by atoms with Gasteiger partial charge in [-0.2, -0.15) is 10.5 Å². The number of benzene rings is 2. The van der Waals surface area contributed by atoms with Crippen molar-refractivity contribution in [1.29, 1.82) is 10.5 Å². The number of carbonyl (C=O) groups excluding carboxylic acids is 1. The molecule has 0 radical (unpaired) electrons. The Kier molecular flexibility index (Phi) is 16.4. The Hall–Kier alpha value is -8.82. The normalized spacial score (nSPS) is 17.6. The first kappa shape index (κ1) is 54.5. The van der Waals surface area contributed by atoms with E-state index in [1.54, 1.807) is 36.8 Å². The third-order valence-corrected chi connectivity index (χ3v) is 14.9. The molecule has 0 saturated carbocycles. The molecule has 4 saturated heterocycles. The zero-order valence-electron chi connectivity index (χ0n) is 45.0. The van der Waals surface area contributed by atoms with Gasteiger partial charge in [-0.3, -0.25) is 19.7 Å². The fourth-order valence-electron chi connectivity index (χ4n) is 10.4. The summed E-state index contributed by atoms with van der Waals surface area (Å²) in [6.07, 6.45) is 5.62. The molecule has 4 aliphatic heterocycles. The van der Waals surface area contributed by atoms with Gasteiger partial charge in [0.1, 0.15) is 58.5 Å². The molecule has 1 amide bonds.